The topological polar surface area (TPSA) is 160 Å². The second kappa shape index (κ2) is 15.7. The van der Waals surface area contributed by atoms with Crippen LogP contribution in [0.15, 0.2) is 36.5 Å². The second-order valence-electron chi connectivity index (χ2n) is 9.99. The van der Waals surface area contributed by atoms with Gasteiger partial charge in [0.1, 0.15) is 0 Å². The van der Waals surface area contributed by atoms with Gasteiger partial charge in [0.25, 0.3) is 11.8 Å². The van der Waals surface area contributed by atoms with E-state index in [9.17, 15) is 36.3 Å². The van der Waals surface area contributed by atoms with Gasteiger partial charge in [-0.3, -0.25) is 14.4 Å². The van der Waals surface area contributed by atoms with Crippen molar-refractivity contribution in [2.24, 2.45) is 12.8 Å². The van der Waals surface area contributed by atoms with Gasteiger partial charge < -0.3 is 35.3 Å². The van der Waals surface area contributed by atoms with Gasteiger partial charge in [-0.05, 0) is 43.3 Å². The Bertz CT molecular complexity index is 1640. The molecule has 2 heterocycles. The molecule has 0 atom stereocenters. The molecule has 47 heavy (non-hydrogen) atoms. The maximum Gasteiger partial charge on any atom is 0.490 e. The summed E-state index contributed by atoms with van der Waals surface area (Å²) in [7, 11) is 2.73. The minimum absolute atomic E-state index is 0.0248. The maximum absolute atomic E-state index is 14.6. The van der Waals surface area contributed by atoms with Crippen LogP contribution >= 0.6 is 11.6 Å². The number of hydrogen-bond acceptors (Lipinski definition) is 7. The number of carboxylic acids is 1. The van der Waals surface area contributed by atoms with Crippen LogP contribution in [0.25, 0.3) is 11.3 Å². The third-order valence-corrected chi connectivity index (χ3v) is 7.26. The summed E-state index contributed by atoms with van der Waals surface area (Å²) in [6, 6.07) is 7.12. The standard InChI is InChI=1S/C27H29ClF2N6O4.C2HF3O2/c1-34-20(18-7-8-21(40-2)24(30)23(18)29)15-32-25(34)26(38)33-16-5-6-17(19(28)14-16)27(39)36-12-10-35(11-13-36)22(37)4-3-9-31;3-2(4,5)1(6)7/h5-8,14-15H,3-4,9-13,31H2,1-2H3,(H,33,38);(H,6,7). The fourth-order valence-electron chi connectivity index (χ4n) is 4.45. The summed E-state index contributed by atoms with van der Waals surface area (Å²) in [5.41, 5.74) is 6.15. The van der Waals surface area contributed by atoms with E-state index in [0.717, 1.165) is 0 Å². The Balaban J connectivity index is 0.000000771. The number of rotatable bonds is 8. The Morgan fingerprint density at radius 2 is 1.66 bits per heavy atom. The van der Waals surface area contributed by atoms with Crippen LogP contribution in [0, 0.1) is 11.6 Å². The molecule has 1 aliphatic heterocycles. The first-order valence-electron chi connectivity index (χ1n) is 13.8. The lowest BCUT2D eigenvalue weighted by molar-refractivity contribution is -0.192. The summed E-state index contributed by atoms with van der Waals surface area (Å²) in [5.74, 6) is -6.19. The van der Waals surface area contributed by atoms with E-state index < -0.39 is 29.7 Å². The van der Waals surface area contributed by atoms with Gasteiger partial charge in [0.05, 0.1) is 29.6 Å². The number of anilines is 1. The highest BCUT2D eigenvalue weighted by Gasteiger charge is 2.38. The van der Waals surface area contributed by atoms with E-state index in [0.29, 0.717) is 51.3 Å². The molecule has 1 saturated heterocycles. The lowest BCUT2D eigenvalue weighted by atomic mass is 10.1. The Morgan fingerprint density at radius 3 is 2.21 bits per heavy atom. The number of imidazole rings is 1. The number of piperazine rings is 1. The first-order chi connectivity index (χ1) is 22.1. The first-order valence-corrected chi connectivity index (χ1v) is 14.2. The zero-order valence-electron chi connectivity index (χ0n) is 25.0. The fraction of sp³-hybridized carbons (Fsp3) is 0.345. The molecule has 18 heteroatoms. The van der Waals surface area contributed by atoms with E-state index in [-0.39, 0.29) is 45.2 Å². The average Bonchev–Trinajstić information content (AvgIpc) is 3.41. The predicted molar refractivity (Wildman–Crippen MR) is 159 cm³/mol. The number of aromatic nitrogens is 2. The number of methoxy groups -OCH3 is 1. The third-order valence-electron chi connectivity index (χ3n) is 6.95. The van der Waals surface area contributed by atoms with E-state index >= 15 is 0 Å². The summed E-state index contributed by atoms with van der Waals surface area (Å²) < 4.78 is 66.7. The normalized spacial score (nSPS) is 13.0. The minimum atomic E-state index is -5.08. The number of benzene rings is 2. The van der Waals surface area contributed by atoms with Crippen molar-refractivity contribution in [1.82, 2.24) is 19.4 Å². The number of carboxylic acid groups (broad SMARTS) is 1. The van der Waals surface area contributed by atoms with E-state index in [1.54, 1.807) is 9.80 Å². The molecule has 254 valence electrons. The van der Waals surface area contributed by atoms with Crippen molar-refractivity contribution in [1.29, 1.82) is 0 Å². The van der Waals surface area contributed by atoms with Gasteiger partial charge in [0.15, 0.2) is 17.4 Å². The molecule has 0 unspecified atom stereocenters. The largest absolute Gasteiger partial charge is 0.494 e. The van der Waals surface area contributed by atoms with Crippen molar-refractivity contribution in [2.75, 3.05) is 45.2 Å². The molecule has 0 aliphatic carbocycles. The molecule has 3 aromatic rings. The van der Waals surface area contributed by atoms with Gasteiger partial charge in [0.2, 0.25) is 11.7 Å². The van der Waals surface area contributed by atoms with Gasteiger partial charge in [0, 0.05) is 50.9 Å². The monoisotopic (exact) mass is 688 g/mol. The molecule has 2 aromatic carbocycles. The Kier molecular flexibility index (Phi) is 12.2. The Hall–Kier alpha value is -4.77. The van der Waals surface area contributed by atoms with Crippen LogP contribution in [0.1, 0.15) is 33.8 Å². The number of hydrogen-bond donors (Lipinski definition) is 3. The first kappa shape index (κ1) is 36.7. The highest BCUT2D eigenvalue weighted by atomic mass is 35.5. The molecule has 0 saturated carbocycles. The molecule has 1 aromatic heterocycles. The number of alkyl halides is 3. The number of ether oxygens (including phenoxy) is 1. The number of nitrogens with two attached hydrogens (primary N) is 1. The number of nitrogens with one attached hydrogen (secondary N) is 1. The van der Waals surface area contributed by atoms with Crippen molar-refractivity contribution < 1.29 is 51.0 Å². The summed E-state index contributed by atoms with van der Waals surface area (Å²) in [5, 5.41) is 9.92. The van der Waals surface area contributed by atoms with E-state index in [1.165, 1.54) is 55.3 Å². The molecule has 4 N–H and O–H groups in total. The number of amides is 3. The summed E-state index contributed by atoms with van der Waals surface area (Å²) >= 11 is 6.40. The molecule has 0 bridgehead atoms. The quantitative estimate of drug-likeness (QED) is 0.300. The van der Waals surface area contributed by atoms with E-state index in [4.69, 9.17) is 32.0 Å². The molecule has 1 fully saturated rings. The average molecular weight is 689 g/mol. The summed E-state index contributed by atoms with van der Waals surface area (Å²) in [4.78, 5) is 54.5. The number of carbonyl (C=O) groups is 4. The van der Waals surface area contributed by atoms with E-state index in [2.05, 4.69) is 10.3 Å². The SMILES string of the molecule is COc1ccc(-c2cnc(C(=O)Nc3ccc(C(=O)N4CCN(C(=O)CCCN)CC4)c(Cl)c3)n2C)c(F)c1F.O=C(O)C(F)(F)F. The van der Waals surface area contributed by atoms with Crippen LogP contribution < -0.4 is 15.8 Å². The van der Waals surface area contributed by atoms with Crippen LogP contribution in [0.4, 0.5) is 27.6 Å². The minimum Gasteiger partial charge on any atom is -0.494 e. The van der Waals surface area contributed by atoms with Gasteiger partial charge in [-0.25, -0.2) is 14.2 Å². The summed E-state index contributed by atoms with van der Waals surface area (Å²) in [6.07, 6.45) is -2.81. The van der Waals surface area contributed by atoms with Gasteiger partial charge >= 0.3 is 12.1 Å². The molecule has 0 radical (unpaired) electrons. The molecule has 0 spiro atoms. The highest BCUT2D eigenvalue weighted by molar-refractivity contribution is 6.34. The molecule has 4 rings (SSSR count). The maximum atomic E-state index is 14.6. The number of halogens is 6. The van der Waals surface area contributed by atoms with Crippen LogP contribution in [0.3, 0.4) is 0 Å². The Morgan fingerprint density at radius 1 is 1.04 bits per heavy atom. The third kappa shape index (κ3) is 8.94. The zero-order valence-corrected chi connectivity index (χ0v) is 25.8. The van der Waals surface area contributed by atoms with Crippen molar-refractivity contribution >= 4 is 41.0 Å². The van der Waals surface area contributed by atoms with Crippen LogP contribution in [-0.4, -0.2) is 94.2 Å². The molecule has 12 nitrogen and oxygen atoms in total. The van der Waals surface area contributed by atoms with Gasteiger partial charge in [-0.15, -0.1) is 0 Å². The van der Waals surface area contributed by atoms with Crippen molar-refractivity contribution in [3.63, 3.8) is 0 Å². The molecular weight excluding hydrogens is 659 g/mol. The van der Waals surface area contributed by atoms with E-state index in [1.807, 2.05) is 0 Å². The van der Waals surface area contributed by atoms with Crippen molar-refractivity contribution in [3.05, 3.63) is 64.6 Å². The number of aliphatic carboxylic acids is 1. The zero-order chi connectivity index (χ0) is 35.1. The van der Waals surface area contributed by atoms with Crippen molar-refractivity contribution in [3.8, 4) is 17.0 Å². The summed E-state index contributed by atoms with van der Waals surface area (Å²) in [6.45, 7) is 2.07. The van der Waals surface area contributed by atoms with Crippen LogP contribution in [-0.2, 0) is 16.6 Å². The van der Waals surface area contributed by atoms with Crippen LogP contribution in [0.2, 0.25) is 5.02 Å². The van der Waals surface area contributed by atoms with Crippen LogP contribution in [0.5, 0.6) is 5.75 Å². The van der Waals surface area contributed by atoms with Gasteiger partial charge in [-0.2, -0.15) is 17.6 Å². The lowest BCUT2D eigenvalue weighted by Gasteiger charge is -2.35. The lowest BCUT2D eigenvalue weighted by Crippen LogP contribution is -2.50. The fourth-order valence-corrected chi connectivity index (χ4v) is 4.71. The molecule has 3 amide bonds. The molecule has 1 aliphatic rings. The number of carbonyl (C=O) groups excluding carboxylic acids is 3. The predicted octanol–water partition coefficient (Wildman–Crippen LogP) is 3.94. The van der Waals surface area contributed by atoms with Gasteiger partial charge in [-0.1, -0.05) is 11.6 Å². The molecular formula is C29H30ClF5N6O6. The van der Waals surface area contributed by atoms with Crippen molar-refractivity contribution in [2.45, 2.75) is 19.0 Å². The second-order valence-corrected chi connectivity index (χ2v) is 10.4. The number of nitrogens with zero attached hydrogens (tertiary/aromatic N) is 4. The Labute approximate surface area is 269 Å². The smallest absolute Gasteiger partial charge is 0.490 e. The highest BCUT2D eigenvalue weighted by Crippen LogP contribution is 2.30.